The molecule has 0 atom stereocenters. The highest BCUT2D eigenvalue weighted by molar-refractivity contribution is 7.98. The van der Waals surface area contributed by atoms with Crippen LogP contribution in [0.25, 0.3) is 0 Å². The monoisotopic (exact) mass is 250 g/mol. The number of carbonyl (C=O) groups excluding carboxylic acids is 1. The lowest BCUT2D eigenvalue weighted by atomic mass is 10.2. The first-order valence-electron chi connectivity index (χ1n) is 5.52. The summed E-state index contributed by atoms with van der Waals surface area (Å²) in [5, 5.41) is 0. The van der Waals surface area contributed by atoms with Crippen molar-refractivity contribution < 1.29 is 9.53 Å². The average Bonchev–Trinajstić information content (AvgIpc) is 2.33. The second kappa shape index (κ2) is 7.17. The summed E-state index contributed by atoms with van der Waals surface area (Å²) in [6.45, 7) is 3.87. The van der Waals surface area contributed by atoms with E-state index in [-0.39, 0.29) is 5.97 Å². The van der Waals surface area contributed by atoms with Crippen molar-refractivity contribution >= 4 is 17.7 Å². The molecule has 0 aliphatic rings. The molecule has 0 heterocycles. The molecule has 0 saturated carbocycles. The zero-order valence-electron chi connectivity index (χ0n) is 10.5. The average molecular weight is 250 g/mol. The first-order valence-corrected chi connectivity index (χ1v) is 6.67. The molecular formula is C14H18O2S. The van der Waals surface area contributed by atoms with E-state index in [1.807, 2.05) is 6.08 Å². The highest BCUT2D eigenvalue weighted by Crippen LogP contribution is 2.14. The maximum Gasteiger partial charge on any atom is 0.333 e. The smallest absolute Gasteiger partial charge is 0.333 e. The Kier molecular flexibility index (Phi) is 5.84. The third-order valence-corrected chi connectivity index (χ3v) is 3.31. The van der Waals surface area contributed by atoms with E-state index < -0.39 is 0 Å². The predicted molar refractivity (Wildman–Crippen MR) is 73.1 cm³/mol. The molecule has 0 fully saturated rings. The minimum absolute atomic E-state index is 0.249. The van der Waals surface area contributed by atoms with Gasteiger partial charge in [0, 0.05) is 17.1 Å². The van der Waals surface area contributed by atoms with Crippen molar-refractivity contribution in [2.24, 2.45) is 0 Å². The normalized spacial score (nSPS) is 11.4. The van der Waals surface area contributed by atoms with Crippen LogP contribution in [0.5, 0.6) is 0 Å². The Hall–Kier alpha value is -1.22. The van der Waals surface area contributed by atoms with Crippen molar-refractivity contribution in [3.8, 4) is 0 Å². The van der Waals surface area contributed by atoms with Gasteiger partial charge in [0.05, 0.1) is 7.11 Å². The molecule has 1 aromatic rings. The van der Waals surface area contributed by atoms with Crippen LogP contribution in [-0.4, -0.2) is 18.8 Å². The Morgan fingerprint density at radius 2 is 2.24 bits per heavy atom. The van der Waals surface area contributed by atoms with Crippen molar-refractivity contribution in [2.75, 3.05) is 12.9 Å². The van der Waals surface area contributed by atoms with Crippen LogP contribution in [0.1, 0.15) is 18.1 Å². The molecule has 17 heavy (non-hydrogen) atoms. The fourth-order valence-electron chi connectivity index (χ4n) is 1.41. The van der Waals surface area contributed by atoms with E-state index in [2.05, 4.69) is 35.9 Å². The lowest BCUT2D eigenvalue weighted by Crippen LogP contribution is -2.01. The number of aryl methyl sites for hydroxylation is 1. The molecule has 1 rings (SSSR count). The quantitative estimate of drug-likeness (QED) is 0.455. The highest BCUT2D eigenvalue weighted by atomic mass is 32.2. The number of carbonyl (C=O) groups is 1. The third-order valence-electron chi connectivity index (χ3n) is 2.37. The molecule has 0 amide bonds. The second-order valence-corrected chi connectivity index (χ2v) is 4.91. The fourth-order valence-corrected chi connectivity index (χ4v) is 2.31. The molecule has 0 N–H and O–H groups in total. The molecule has 3 heteroatoms. The summed E-state index contributed by atoms with van der Waals surface area (Å²) in [5.74, 6) is 1.54. The van der Waals surface area contributed by atoms with Gasteiger partial charge in [-0.15, -0.1) is 0 Å². The molecule has 0 aliphatic heterocycles. The summed E-state index contributed by atoms with van der Waals surface area (Å²) >= 11 is 1.79. The molecule has 0 bridgehead atoms. The maximum atomic E-state index is 11.1. The minimum Gasteiger partial charge on any atom is -0.466 e. The van der Waals surface area contributed by atoms with Crippen LogP contribution in [0.15, 0.2) is 35.9 Å². The van der Waals surface area contributed by atoms with Gasteiger partial charge in [-0.3, -0.25) is 0 Å². The summed E-state index contributed by atoms with van der Waals surface area (Å²) in [6.07, 6.45) is 1.91. The molecule has 0 aromatic heterocycles. The highest BCUT2D eigenvalue weighted by Gasteiger charge is 2.01. The molecule has 0 aliphatic carbocycles. The fraction of sp³-hybridized carbons (Fsp3) is 0.357. The summed E-state index contributed by atoms with van der Waals surface area (Å²) in [6, 6.07) is 8.47. The van der Waals surface area contributed by atoms with Crippen molar-refractivity contribution in [2.45, 2.75) is 19.6 Å². The summed E-state index contributed by atoms with van der Waals surface area (Å²) in [4.78, 5) is 11.1. The molecule has 2 nitrogen and oxygen atoms in total. The number of rotatable bonds is 5. The van der Waals surface area contributed by atoms with Gasteiger partial charge in [0.15, 0.2) is 0 Å². The van der Waals surface area contributed by atoms with E-state index in [1.165, 1.54) is 18.2 Å². The van der Waals surface area contributed by atoms with Gasteiger partial charge in [0.1, 0.15) is 0 Å². The van der Waals surface area contributed by atoms with E-state index in [0.29, 0.717) is 5.57 Å². The minimum atomic E-state index is -0.249. The Morgan fingerprint density at radius 3 is 2.88 bits per heavy atom. The number of ether oxygens (including phenoxy) is 1. The number of methoxy groups -OCH3 is 1. The van der Waals surface area contributed by atoms with E-state index in [4.69, 9.17) is 0 Å². The number of esters is 1. The lowest BCUT2D eigenvalue weighted by Gasteiger charge is -2.02. The van der Waals surface area contributed by atoms with Crippen LogP contribution < -0.4 is 0 Å². The van der Waals surface area contributed by atoms with E-state index >= 15 is 0 Å². The summed E-state index contributed by atoms with van der Waals surface area (Å²) in [5.41, 5.74) is 3.27. The van der Waals surface area contributed by atoms with E-state index in [1.54, 1.807) is 18.7 Å². The Bertz CT molecular complexity index is 410. The Morgan fingerprint density at radius 1 is 1.47 bits per heavy atom. The third kappa shape index (κ3) is 5.09. The standard InChI is InChI=1S/C14H18O2S/c1-11-5-4-6-13(9-11)10-17-8-7-12(2)14(15)16-3/h4-7,9H,8,10H2,1-3H3. The topological polar surface area (TPSA) is 26.3 Å². The van der Waals surface area contributed by atoms with Crippen LogP contribution in [0.2, 0.25) is 0 Å². The number of thioether (sulfide) groups is 1. The molecule has 92 valence electrons. The van der Waals surface area contributed by atoms with E-state index in [9.17, 15) is 4.79 Å². The Labute approximate surface area is 107 Å². The van der Waals surface area contributed by atoms with Gasteiger partial charge in [-0.1, -0.05) is 35.9 Å². The van der Waals surface area contributed by atoms with Gasteiger partial charge in [0.2, 0.25) is 0 Å². The molecule has 0 unspecified atom stereocenters. The van der Waals surface area contributed by atoms with Gasteiger partial charge < -0.3 is 4.74 Å². The molecular weight excluding hydrogens is 232 g/mol. The first kappa shape index (κ1) is 13.8. The van der Waals surface area contributed by atoms with Crippen molar-refractivity contribution in [1.29, 1.82) is 0 Å². The van der Waals surface area contributed by atoms with Crippen molar-refractivity contribution in [3.05, 3.63) is 47.0 Å². The van der Waals surface area contributed by atoms with E-state index in [0.717, 1.165) is 11.5 Å². The maximum absolute atomic E-state index is 11.1. The second-order valence-electron chi connectivity index (χ2n) is 3.88. The number of hydrogen-bond donors (Lipinski definition) is 0. The van der Waals surface area contributed by atoms with Crippen LogP contribution >= 0.6 is 11.8 Å². The van der Waals surface area contributed by atoms with Gasteiger partial charge in [-0.2, -0.15) is 11.8 Å². The summed E-state index contributed by atoms with van der Waals surface area (Å²) in [7, 11) is 1.40. The van der Waals surface area contributed by atoms with Gasteiger partial charge in [0.25, 0.3) is 0 Å². The van der Waals surface area contributed by atoms with Crippen LogP contribution in [0.3, 0.4) is 0 Å². The van der Waals surface area contributed by atoms with Gasteiger partial charge in [-0.05, 0) is 19.4 Å². The zero-order valence-corrected chi connectivity index (χ0v) is 11.3. The largest absolute Gasteiger partial charge is 0.466 e. The molecule has 0 radical (unpaired) electrons. The number of hydrogen-bond acceptors (Lipinski definition) is 3. The Balaban J connectivity index is 2.36. The first-order chi connectivity index (χ1) is 8.13. The molecule has 0 spiro atoms. The number of benzene rings is 1. The molecule has 1 aromatic carbocycles. The summed E-state index contributed by atoms with van der Waals surface area (Å²) < 4.78 is 4.63. The lowest BCUT2D eigenvalue weighted by molar-refractivity contribution is -0.136. The van der Waals surface area contributed by atoms with Gasteiger partial charge in [-0.25, -0.2) is 4.79 Å². The molecule has 0 saturated heterocycles. The SMILES string of the molecule is COC(=O)C(C)=CCSCc1cccc(C)c1. The van der Waals surface area contributed by atoms with Crippen LogP contribution in [0, 0.1) is 6.92 Å². The zero-order chi connectivity index (χ0) is 12.7. The van der Waals surface area contributed by atoms with Gasteiger partial charge >= 0.3 is 5.97 Å². The predicted octanol–water partition coefficient (Wildman–Crippen LogP) is 3.35. The van der Waals surface area contributed by atoms with Crippen molar-refractivity contribution in [3.63, 3.8) is 0 Å². The van der Waals surface area contributed by atoms with Crippen LogP contribution in [-0.2, 0) is 15.3 Å². The van der Waals surface area contributed by atoms with Crippen molar-refractivity contribution in [1.82, 2.24) is 0 Å². The van der Waals surface area contributed by atoms with Crippen LogP contribution in [0.4, 0.5) is 0 Å².